The first-order chi connectivity index (χ1) is 11.4. The summed E-state index contributed by atoms with van der Waals surface area (Å²) in [6.07, 6.45) is 2.12. The number of carbonyl (C=O) groups is 3. The number of likely N-dealkylation sites (N-methyl/N-ethyl adjacent to an activating group) is 1. The summed E-state index contributed by atoms with van der Waals surface area (Å²) >= 11 is 0. The van der Waals surface area contributed by atoms with E-state index in [9.17, 15) is 14.4 Å². The van der Waals surface area contributed by atoms with E-state index < -0.39 is 17.6 Å². The van der Waals surface area contributed by atoms with Gasteiger partial charge in [-0.25, -0.2) is 9.59 Å². The lowest BCUT2D eigenvalue weighted by Gasteiger charge is -2.44. The molecule has 2 rings (SSSR count). The van der Waals surface area contributed by atoms with Crippen LogP contribution in [0.15, 0.2) is 0 Å². The Morgan fingerprint density at radius 2 is 2.00 bits per heavy atom. The number of nitrogens with one attached hydrogen (secondary N) is 2. The average molecular weight is 340 g/mol. The van der Waals surface area contributed by atoms with E-state index in [2.05, 4.69) is 15.5 Å². The Labute approximate surface area is 142 Å². The zero-order valence-electron chi connectivity index (χ0n) is 14.8. The van der Waals surface area contributed by atoms with Crippen molar-refractivity contribution in [3.63, 3.8) is 0 Å². The number of amides is 3. The monoisotopic (exact) mass is 340 g/mol. The minimum absolute atomic E-state index is 0.0578. The fourth-order valence-corrected chi connectivity index (χ4v) is 3.36. The number of hydrogen-bond donors (Lipinski definition) is 2. The molecule has 136 valence electrons. The van der Waals surface area contributed by atoms with Crippen LogP contribution in [0.1, 0.15) is 33.1 Å². The van der Waals surface area contributed by atoms with Gasteiger partial charge in [0.2, 0.25) is 5.91 Å². The Morgan fingerprint density at radius 3 is 2.62 bits per heavy atom. The lowest BCUT2D eigenvalue weighted by molar-refractivity contribution is -0.144. The van der Waals surface area contributed by atoms with Crippen molar-refractivity contribution in [1.82, 2.24) is 20.4 Å². The van der Waals surface area contributed by atoms with Crippen LogP contribution in [0.25, 0.3) is 0 Å². The van der Waals surface area contributed by atoms with E-state index in [0.717, 1.165) is 13.0 Å². The molecule has 0 aromatic carbocycles. The third-order valence-electron chi connectivity index (χ3n) is 4.97. The van der Waals surface area contributed by atoms with Crippen LogP contribution in [-0.4, -0.2) is 79.1 Å². The molecule has 8 nitrogen and oxygen atoms in total. The van der Waals surface area contributed by atoms with E-state index in [0.29, 0.717) is 32.5 Å². The van der Waals surface area contributed by atoms with Crippen LogP contribution < -0.4 is 10.6 Å². The Kier molecular flexibility index (Phi) is 6.04. The number of ether oxygens (including phenoxy) is 1. The Balaban J connectivity index is 1.93. The minimum Gasteiger partial charge on any atom is -0.464 e. The van der Waals surface area contributed by atoms with Crippen molar-refractivity contribution in [2.45, 2.75) is 44.7 Å². The number of hydrogen-bond acceptors (Lipinski definition) is 5. The number of carbonyl (C=O) groups excluding carboxylic acids is 3. The molecule has 1 unspecified atom stereocenters. The molecule has 1 spiro atoms. The van der Waals surface area contributed by atoms with Gasteiger partial charge < -0.3 is 20.3 Å². The van der Waals surface area contributed by atoms with E-state index in [1.807, 2.05) is 7.05 Å². The predicted molar refractivity (Wildman–Crippen MR) is 88.4 cm³/mol. The van der Waals surface area contributed by atoms with Gasteiger partial charge in [-0.1, -0.05) is 0 Å². The molecule has 2 N–H and O–H groups in total. The van der Waals surface area contributed by atoms with E-state index in [1.165, 1.54) is 0 Å². The molecule has 24 heavy (non-hydrogen) atoms. The number of rotatable bonds is 3. The van der Waals surface area contributed by atoms with Crippen molar-refractivity contribution in [2.75, 3.05) is 39.8 Å². The molecule has 0 bridgehead atoms. The number of piperidine rings is 1. The smallest absolute Gasteiger partial charge is 0.328 e. The lowest BCUT2D eigenvalue weighted by atomic mass is 9.85. The summed E-state index contributed by atoms with van der Waals surface area (Å²) in [6.45, 7) is 6.15. The summed E-state index contributed by atoms with van der Waals surface area (Å²) < 4.78 is 4.89. The van der Waals surface area contributed by atoms with Gasteiger partial charge in [-0.15, -0.1) is 0 Å². The first-order valence-corrected chi connectivity index (χ1v) is 8.62. The molecule has 2 saturated heterocycles. The summed E-state index contributed by atoms with van der Waals surface area (Å²) in [5.74, 6) is -0.385. The quantitative estimate of drug-likeness (QED) is 0.702. The van der Waals surface area contributed by atoms with E-state index in [-0.39, 0.29) is 18.5 Å². The third-order valence-corrected chi connectivity index (χ3v) is 4.97. The molecule has 0 aromatic rings. The number of nitrogens with zero attached hydrogens (tertiary/aromatic N) is 2. The van der Waals surface area contributed by atoms with Crippen molar-refractivity contribution in [2.24, 2.45) is 0 Å². The van der Waals surface area contributed by atoms with Crippen LogP contribution in [0.3, 0.4) is 0 Å². The van der Waals surface area contributed by atoms with Gasteiger partial charge in [0.05, 0.1) is 6.61 Å². The molecule has 0 aromatic heterocycles. The summed E-state index contributed by atoms with van der Waals surface area (Å²) in [5.41, 5.74) is -0.528. The first kappa shape index (κ1) is 18.5. The van der Waals surface area contributed by atoms with Crippen LogP contribution in [0.2, 0.25) is 0 Å². The molecule has 3 amide bonds. The van der Waals surface area contributed by atoms with Crippen LogP contribution in [0, 0.1) is 0 Å². The zero-order chi connectivity index (χ0) is 17.7. The van der Waals surface area contributed by atoms with Gasteiger partial charge in [-0.2, -0.15) is 0 Å². The Bertz CT molecular complexity index is 488. The number of urea groups is 1. The molecule has 0 radical (unpaired) electrons. The van der Waals surface area contributed by atoms with Crippen molar-refractivity contribution in [1.29, 1.82) is 0 Å². The number of likely N-dealkylation sites (tertiary alicyclic amines) is 1. The highest BCUT2D eigenvalue weighted by molar-refractivity contribution is 5.87. The predicted octanol–water partition coefficient (Wildman–Crippen LogP) is -0.0661. The van der Waals surface area contributed by atoms with Gasteiger partial charge in [0.25, 0.3) is 0 Å². The number of esters is 1. The molecule has 2 aliphatic rings. The Hall–Kier alpha value is -1.83. The lowest BCUT2D eigenvalue weighted by Crippen LogP contribution is -2.62. The molecule has 2 fully saturated rings. The molecular weight excluding hydrogens is 312 g/mol. The summed E-state index contributed by atoms with van der Waals surface area (Å²) in [4.78, 5) is 40.2. The van der Waals surface area contributed by atoms with E-state index in [4.69, 9.17) is 4.74 Å². The first-order valence-electron chi connectivity index (χ1n) is 8.62. The third kappa shape index (κ3) is 3.80. The van der Waals surface area contributed by atoms with Gasteiger partial charge in [0.1, 0.15) is 11.6 Å². The van der Waals surface area contributed by atoms with Crippen LogP contribution in [0.4, 0.5) is 4.79 Å². The van der Waals surface area contributed by atoms with E-state index >= 15 is 0 Å². The fourth-order valence-electron chi connectivity index (χ4n) is 3.36. The standard InChI is InChI=1S/C16H28N4O4/c1-4-24-13(21)12(2)18-15(23)20-10-6-16(7-11-20)14(22)17-8-5-9-19(16)3/h12H,4-11H2,1-3H3,(H,17,22)(H,18,23). The average Bonchev–Trinajstić information content (AvgIpc) is 2.70. The van der Waals surface area contributed by atoms with Crippen LogP contribution >= 0.6 is 0 Å². The highest BCUT2D eigenvalue weighted by Crippen LogP contribution is 2.29. The minimum atomic E-state index is -0.683. The van der Waals surface area contributed by atoms with Crippen molar-refractivity contribution in [3.8, 4) is 0 Å². The summed E-state index contributed by atoms with van der Waals surface area (Å²) in [5, 5.41) is 5.64. The maximum Gasteiger partial charge on any atom is 0.328 e. The second-order valence-electron chi connectivity index (χ2n) is 6.47. The summed E-state index contributed by atoms with van der Waals surface area (Å²) in [7, 11) is 1.98. The molecule has 0 saturated carbocycles. The van der Waals surface area contributed by atoms with Crippen molar-refractivity contribution < 1.29 is 19.1 Å². The second-order valence-corrected chi connectivity index (χ2v) is 6.47. The highest BCUT2D eigenvalue weighted by Gasteiger charge is 2.46. The normalized spacial score (nSPS) is 22.5. The Morgan fingerprint density at radius 1 is 1.33 bits per heavy atom. The van der Waals surface area contributed by atoms with Crippen LogP contribution in [-0.2, 0) is 14.3 Å². The van der Waals surface area contributed by atoms with Crippen molar-refractivity contribution in [3.05, 3.63) is 0 Å². The zero-order valence-corrected chi connectivity index (χ0v) is 14.8. The molecule has 8 heteroatoms. The molecule has 1 atom stereocenters. The van der Waals surface area contributed by atoms with Gasteiger partial charge in [0, 0.05) is 26.2 Å². The maximum atomic E-state index is 12.5. The fraction of sp³-hybridized carbons (Fsp3) is 0.812. The van der Waals surface area contributed by atoms with Crippen LogP contribution in [0.5, 0.6) is 0 Å². The van der Waals surface area contributed by atoms with Gasteiger partial charge >= 0.3 is 12.0 Å². The van der Waals surface area contributed by atoms with Gasteiger partial charge in [-0.3, -0.25) is 9.69 Å². The summed E-state index contributed by atoms with van der Waals surface area (Å²) in [6, 6.07) is -0.973. The SMILES string of the molecule is CCOC(=O)C(C)NC(=O)N1CCC2(CC1)C(=O)NCCCN2C. The van der Waals surface area contributed by atoms with Gasteiger partial charge in [0.15, 0.2) is 0 Å². The van der Waals surface area contributed by atoms with E-state index in [1.54, 1.807) is 18.7 Å². The highest BCUT2D eigenvalue weighted by atomic mass is 16.5. The molecular formula is C16H28N4O4. The second kappa shape index (κ2) is 7.83. The van der Waals surface area contributed by atoms with Crippen molar-refractivity contribution >= 4 is 17.9 Å². The molecule has 0 aliphatic carbocycles. The largest absolute Gasteiger partial charge is 0.464 e. The molecule has 2 heterocycles. The molecule has 2 aliphatic heterocycles. The topological polar surface area (TPSA) is 91.0 Å². The maximum absolute atomic E-state index is 12.5. The van der Waals surface area contributed by atoms with Gasteiger partial charge in [-0.05, 0) is 40.2 Å².